The van der Waals surface area contributed by atoms with Crippen LogP contribution in [0.1, 0.15) is 23.0 Å². The molecular weight excluding hydrogens is 438 g/mol. The molecule has 9 heteroatoms. The smallest absolute Gasteiger partial charge is 0.276 e. The molecule has 164 valence electrons. The Bertz CT molecular complexity index is 1570. The topological polar surface area (TPSA) is 95.1 Å². The standard InChI is InChI=1S/C24H19N5O3S/c1-13-11-14(12-32-2)19-20-21(33-24(19)25-13)23-26-16-8-4-6-10-18(16)28(23)22(27-20)15-7-3-5-9-17(15)29(30)31/h3-11,22,27H,12H2,1-2H3/t22-/m0/s1. The second kappa shape index (κ2) is 7.36. The van der Waals surface area contributed by atoms with Gasteiger partial charge in [-0.15, -0.1) is 11.3 Å². The van der Waals surface area contributed by atoms with E-state index in [-0.39, 0.29) is 10.6 Å². The van der Waals surface area contributed by atoms with Gasteiger partial charge in [0.15, 0.2) is 5.82 Å². The lowest BCUT2D eigenvalue weighted by molar-refractivity contribution is -0.385. The number of rotatable bonds is 4. The van der Waals surface area contributed by atoms with E-state index in [0.717, 1.165) is 48.9 Å². The first-order valence-corrected chi connectivity index (χ1v) is 11.3. The number of imidazole rings is 1. The summed E-state index contributed by atoms with van der Waals surface area (Å²) in [5.74, 6) is 0.775. The minimum atomic E-state index is -0.504. The number of fused-ring (bicyclic) bond motifs is 7. The van der Waals surface area contributed by atoms with Crippen LogP contribution in [0.4, 0.5) is 11.4 Å². The molecule has 0 amide bonds. The molecule has 0 spiro atoms. The minimum absolute atomic E-state index is 0.0628. The molecule has 0 radical (unpaired) electrons. The van der Waals surface area contributed by atoms with E-state index in [9.17, 15) is 10.1 Å². The normalized spacial score (nSPS) is 14.8. The second-order valence-electron chi connectivity index (χ2n) is 8.00. The number of hydrogen-bond acceptors (Lipinski definition) is 7. The molecule has 3 aromatic heterocycles. The molecule has 0 fully saturated rings. The third-order valence-corrected chi connectivity index (χ3v) is 7.02. The number of anilines is 1. The van der Waals surface area contributed by atoms with E-state index in [0.29, 0.717) is 12.2 Å². The number of methoxy groups -OCH3 is 1. The number of nitro benzene ring substituents is 1. The fourth-order valence-electron chi connectivity index (χ4n) is 4.65. The summed E-state index contributed by atoms with van der Waals surface area (Å²) >= 11 is 1.57. The van der Waals surface area contributed by atoms with Gasteiger partial charge in [-0.05, 0) is 36.8 Å². The summed E-state index contributed by atoms with van der Waals surface area (Å²) in [6.45, 7) is 2.41. The first-order valence-electron chi connectivity index (χ1n) is 10.5. The summed E-state index contributed by atoms with van der Waals surface area (Å²) in [4.78, 5) is 23.1. The molecule has 33 heavy (non-hydrogen) atoms. The number of aryl methyl sites for hydroxylation is 1. The van der Waals surface area contributed by atoms with Gasteiger partial charge in [0.05, 0.1) is 38.7 Å². The Morgan fingerprint density at radius 1 is 1.18 bits per heavy atom. The maximum atomic E-state index is 11.9. The third-order valence-electron chi connectivity index (χ3n) is 5.94. The van der Waals surface area contributed by atoms with E-state index in [1.807, 2.05) is 43.3 Å². The van der Waals surface area contributed by atoms with Crippen LogP contribution in [-0.4, -0.2) is 26.6 Å². The SMILES string of the molecule is COCc1cc(C)nc2sc3c(c12)N[C@H](c1ccccc1[N+](=O)[O-])n1c-3nc2ccccc21. The zero-order valence-corrected chi connectivity index (χ0v) is 18.7. The summed E-state index contributed by atoms with van der Waals surface area (Å²) in [5.41, 5.74) is 5.21. The summed E-state index contributed by atoms with van der Waals surface area (Å²) in [6.07, 6.45) is -0.504. The number of nitrogens with one attached hydrogen (secondary N) is 1. The molecule has 0 saturated heterocycles. The molecule has 8 nitrogen and oxygen atoms in total. The fraction of sp³-hybridized carbons (Fsp3) is 0.167. The zero-order chi connectivity index (χ0) is 22.7. The molecule has 1 atom stereocenters. The van der Waals surface area contributed by atoms with Gasteiger partial charge in [0, 0.05) is 24.3 Å². The van der Waals surface area contributed by atoms with Gasteiger partial charge in [0.25, 0.3) is 5.69 Å². The molecule has 1 aliphatic rings. The van der Waals surface area contributed by atoms with Crippen molar-refractivity contribution in [3.8, 4) is 10.7 Å². The van der Waals surface area contributed by atoms with Crippen molar-refractivity contribution in [2.75, 3.05) is 12.4 Å². The Labute approximate surface area is 192 Å². The van der Waals surface area contributed by atoms with Gasteiger partial charge in [-0.3, -0.25) is 14.7 Å². The highest BCUT2D eigenvalue weighted by Gasteiger charge is 2.35. The van der Waals surface area contributed by atoms with Gasteiger partial charge in [0.1, 0.15) is 11.0 Å². The van der Waals surface area contributed by atoms with Crippen LogP contribution in [0.25, 0.3) is 32.0 Å². The van der Waals surface area contributed by atoms with E-state index in [2.05, 4.69) is 9.88 Å². The van der Waals surface area contributed by atoms with E-state index >= 15 is 0 Å². The summed E-state index contributed by atoms with van der Waals surface area (Å²) in [5, 5.41) is 16.5. The van der Waals surface area contributed by atoms with Gasteiger partial charge >= 0.3 is 0 Å². The average Bonchev–Trinajstić information content (AvgIpc) is 3.37. The first kappa shape index (κ1) is 19.8. The predicted molar refractivity (Wildman–Crippen MR) is 129 cm³/mol. The van der Waals surface area contributed by atoms with Crippen LogP contribution < -0.4 is 5.32 Å². The number of aromatic nitrogens is 3. The van der Waals surface area contributed by atoms with Crippen molar-refractivity contribution in [2.24, 2.45) is 0 Å². The quantitative estimate of drug-likeness (QED) is 0.277. The zero-order valence-electron chi connectivity index (χ0n) is 17.9. The Morgan fingerprint density at radius 2 is 1.97 bits per heavy atom. The average molecular weight is 458 g/mol. The number of nitrogens with zero attached hydrogens (tertiary/aromatic N) is 4. The second-order valence-corrected chi connectivity index (χ2v) is 9.00. The van der Waals surface area contributed by atoms with Crippen molar-refractivity contribution in [3.05, 3.63) is 81.5 Å². The van der Waals surface area contributed by atoms with Crippen LogP contribution in [0.5, 0.6) is 0 Å². The number of benzene rings is 2. The summed E-state index contributed by atoms with van der Waals surface area (Å²) in [6, 6.07) is 16.7. The number of thiophene rings is 1. The Morgan fingerprint density at radius 3 is 2.79 bits per heavy atom. The third kappa shape index (κ3) is 2.93. The van der Waals surface area contributed by atoms with Crippen molar-refractivity contribution < 1.29 is 9.66 Å². The minimum Gasteiger partial charge on any atom is -0.380 e. The highest BCUT2D eigenvalue weighted by Crippen LogP contribution is 2.50. The van der Waals surface area contributed by atoms with Crippen molar-refractivity contribution in [1.29, 1.82) is 0 Å². The molecular formula is C24H19N5O3S. The van der Waals surface area contributed by atoms with Gasteiger partial charge in [0.2, 0.25) is 0 Å². The number of pyridine rings is 1. The maximum absolute atomic E-state index is 11.9. The lowest BCUT2D eigenvalue weighted by atomic mass is 10.1. The molecule has 2 aromatic carbocycles. The molecule has 1 aliphatic heterocycles. The van der Waals surface area contributed by atoms with E-state index in [1.54, 1.807) is 30.6 Å². The largest absolute Gasteiger partial charge is 0.380 e. The van der Waals surface area contributed by atoms with Crippen molar-refractivity contribution in [3.63, 3.8) is 0 Å². The molecule has 6 rings (SSSR count). The van der Waals surface area contributed by atoms with Gasteiger partial charge < -0.3 is 10.1 Å². The summed E-state index contributed by atoms with van der Waals surface area (Å²) < 4.78 is 7.52. The Kier molecular flexibility index (Phi) is 4.42. The van der Waals surface area contributed by atoms with E-state index in [1.165, 1.54) is 6.07 Å². The van der Waals surface area contributed by atoms with Crippen molar-refractivity contribution in [2.45, 2.75) is 19.7 Å². The number of hydrogen-bond donors (Lipinski definition) is 1. The van der Waals surface area contributed by atoms with Gasteiger partial charge in [-0.2, -0.15) is 0 Å². The summed E-state index contributed by atoms with van der Waals surface area (Å²) in [7, 11) is 1.67. The molecule has 4 heterocycles. The number of para-hydroxylation sites is 3. The molecule has 0 aliphatic carbocycles. The molecule has 1 N–H and O–H groups in total. The van der Waals surface area contributed by atoms with Crippen molar-refractivity contribution >= 4 is 44.0 Å². The van der Waals surface area contributed by atoms with E-state index in [4.69, 9.17) is 14.7 Å². The van der Waals surface area contributed by atoms with E-state index < -0.39 is 6.17 Å². The maximum Gasteiger partial charge on any atom is 0.276 e. The highest BCUT2D eigenvalue weighted by molar-refractivity contribution is 7.22. The molecule has 0 unspecified atom stereocenters. The van der Waals surface area contributed by atoms with Crippen LogP contribution >= 0.6 is 11.3 Å². The van der Waals surface area contributed by atoms with Gasteiger partial charge in [-0.1, -0.05) is 24.3 Å². The van der Waals surface area contributed by atoms with Crippen LogP contribution in [-0.2, 0) is 11.3 Å². The van der Waals surface area contributed by atoms with Gasteiger partial charge in [-0.25, -0.2) is 9.97 Å². The Balaban J connectivity index is 1.70. The molecule has 0 saturated carbocycles. The number of nitro groups is 1. The fourth-order valence-corrected chi connectivity index (χ4v) is 5.86. The molecule has 0 bridgehead atoms. The predicted octanol–water partition coefficient (Wildman–Crippen LogP) is 5.65. The van der Waals surface area contributed by atoms with Crippen LogP contribution in [0.2, 0.25) is 0 Å². The van der Waals surface area contributed by atoms with Crippen molar-refractivity contribution in [1.82, 2.24) is 14.5 Å². The van der Waals surface area contributed by atoms with Crippen LogP contribution in [0, 0.1) is 17.0 Å². The Hall–Kier alpha value is -3.82. The first-order chi connectivity index (χ1) is 16.1. The monoisotopic (exact) mass is 457 g/mol. The highest BCUT2D eigenvalue weighted by atomic mass is 32.1. The van der Waals surface area contributed by atoms with Crippen LogP contribution in [0.15, 0.2) is 54.6 Å². The molecule has 5 aromatic rings. The lowest BCUT2D eigenvalue weighted by Crippen LogP contribution is -2.25. The van der Waals surface area contributed by atoms with Crippen LogP contribution in [0.3, 0.4) is 0 Å². The number of ether oxygens (including phenoxy) is 1. The lowest BCUT2D eigenvalue weighted by Gasteiger charge is -2.28.